The summed E-state index contributed by atoms with van der Waals surface area (Å²) in [4.78, 5) is 12.4. The van der Waals surface area contributed by atoms with E-state index in [9.17, 15) is 10.1 Å². The highest BCUT2D eigenvalue weighted by atomic mass is 32.5. The Kier molecular flexibility index (Phi) is 6.83. The van der Waals surface area contributed by atoms with Crippen LogP contribution in [0.2, 0.25) is 0 Å². The highest BCUT2D eigenvalue weighted by molar-refractivity contribution is 8.07. The Morgan fingerprint density at radius 1 is 1.10 bits per heavy atom. The molecule has 0 saturated heterocycles. The van der Waals surface area contributed by atoms with Crippen LogP contribution in [0.15, 0.2) is 57.7 Å². The number of fused-ring (bicyclic) bond motifs is 1. The van der Waals surface area contributed by atoms with Crippen LogP contribution in [0.1, 0.15) is 30.5 Å². The lowest BCUT2D eigenvalue weighted by molar-refractivity contribution is 0.218. The maximum Gasteiger partial charge on any atom is 0.380 e. The first-order valence-electron chi connectivity index (χ1n) is 9.12. The molecule has 2 aromatic carbocycles. The smallest absolute Gasteiger partial charge is 0.380 e. The minimum atomic E-state index is -2.95. The first-order chi connectivity index (χ1) is 14.0. The number of rotatable bonds is 8. The number of benzene rings is 2. The van der Waals surface area contributed by atoms with E-state index < -0.39 is 12.3 Å². The second-order valence-electron chi connectivity index (χ2n) is 6.05. The largest absolute Gasteiger partial charge is 0.424 e. The predicted octanol–water partition coefficient (Wildman–Crippen LogP) is 4.93. The fourth-order valence-electron chi connectivity index (χ4n) is 2.93. The lowest BCUT2D eigenvalue weighted by atomic mass is 9.98. The van der Waals surface area contributed by atoms with Crippen LogP contribution < -0.4 is 10.1 Å². The van der Waals surface area contributed by atoms with Crippen molar-refractivity contribution in [1.29, 1.82) is 5.26 Å². The lowest BCUT2D eigenvalue weighted by Gasteiger charge is -2.21. The van der Waals surface area contributed by atoms with Crippen molar-refractivity contribution in [2.24, 2.45) is 0 Å². The highest BCUT2D eigenvalue weighted by Gasteiger charge is 2.22. The SMILES string of the molecule is CCOP(=S)(OCC)Oc1ccc2c(Cc3ccccc3)c(C#N)c(=O)oc2c1. The molecule has 0 aliphatic carbocycles. The van der Waals surface area contributed by atoms with Crippen LogP contribution in [-0.4, -0.2) is 13.2 Å². The van der Waals surface area contributed by atoms with Gasteiger partial charge in [-0.05, 0) is 43.5 Å². The summed E-state index contributed by atoms with van der Waals surface area (Å²) in [5.41, 5.74) is 1.23. The van der Waals surface area contributed by atoms with Crippen molar-refractivity contribution in [1.82, 2.24) is 0 Å². The molecule has 3 rings (SSSR count). The van der Waals surface area contributed by atoms with E-state index in [2.05, 4.69) is 0 Å². The van der Waals surface area contributed by atoms with Gasteiger partial charge in [0.15, 0.2) is 0 Å². The molecule has 1 aromatic heterocycles. The summed E-state index contributed by atoms with van der Waals surface area (Å²) < 4.78 is 22.2. The third-order valence-electron chi connectivity index (χ3n) is 4.11. The maximum atomic E-state index is 12.4. The third kappa shape index (κ3) is 4.92. The fraction of sp³-hybridized carbons (Fsp3) is 0.238. The quantitative estimate of drug-likeness (QED) is 0.371. The van der Waals surface area contributed by atoms with Crippen LogP contribution >= 0.6 is 6.72 Å². The molecule has 0 bridgehead atoms. The van der Waals surface area contributed by atoms with E-state index in [1.54, 1.807) is 18.2 Å². The standard InChI is InChI=1S/C21H20NO5PS/c1-3-24-28(29,25-4-2)27-16-10-11-17-18(12-15-8-6-5-7-9-15)19(14-22)21(23)26-20(17)13-16/h5-11,13H,3-4,12H2,1-2H3. The Morgan fingerprint density at radius 3 is 2.41 bits per heavy atom. The van der Waals surface area contributed by atoms with Crippen LogP contribution in [0, 0.1) is 11.3 Å². The van der Waals surface area contributed by atoms with Gasteiger partial charge in [-0.15, -0.1) is 0 Å². The van der Waals surface area contributed by atoms with Crippen molar-refractivity contribution < 1.29 is 18.0 Å². The first kappa shape index (κ1) is 21.2. The van der Waals surface area contributed by atoms with Gasteiger partial charge in [0.25, 0.3) is 0 Å². The second-order valence-corrected chi connectivity index (χ2v) is 8.98. The third-order valence-corrected chi connectivity index (χ3v) is 6.55. The van der Waals surface area contributed by atoms with E-state index in [4.69, 9.17) is 29.8 Å². The Balaban J connectivity index is 2.07. The van der Waals surface area contributed by atoms with Crippen molar-refractivity contribution in [2.75, 3.05) is 13.2 Å². The Morgan fingerprint density at radius 2 is 1.79 bits per heavy atom. The van der Waals surface area contributed by atoms with Gasteiger partial charge in [0.2, 0.25) is 0 Å². The molecular formula is C21H20NO5PS. The van der Waals surface area contributed by atoms with Gasteiger partial charge >= 0.3 is 12.3 Å². The van der Waals surface area contributed by atoms with Gasteiger partial charge in [0.1, 0.15) is 23.0 Å². The molecule has 0 aliphatic rings. The molecule has 0 N–H and O–H groups in total. The molecule has 0 unspecified atom stereocenters. The van der Waals surface area contributed by atoms with Crippen molar-refractivity contribution in [3.8, 4) is 11.8 Å². The van der Waals surface area contributed by atoms with Crippen molar-refractivity contribution in [3.05, 3.63) is 75.6 Å². The molecule has 0 radical (unpaired) electrons. The van der Waals surface area contributed by atoms with Gasteiger partial charge in [0.05, 0.1) is 13.2 Å². The van der Waals surface area contributed by atoms with Crippen molar-refractivity contribution in [3.63, 3.8) is 0 Å². The monoisotopic (exact) mass is 429 g/mol. The molecule has 0 amide bonds. The molecule has 0 spiro atoms. The Labute approximate surface area is 173 Å². The second kappa shape index (κ2) is 9.34. The predicted molar refractivity (Wildman–Crippen MR) is 115 cm³/mol. The topological polar surface area (TPSA) is 81.7 Å². The molecule has 29 heavy (non-hydrogen) atoms. The fourth-order valence-corrected chi connectivity index (χ4v) is 5.01. The minimum Gasteiger partial charge on any atom is -0.424 e. The van der Waals surface area contributed by atoms with Gasteiger partial charge in [0, 0.05) is 23.3 Å². The van der Waals surface area contributed by atoms with E-state index in [0.717, 1.165) is 5.56 Å². The zero-order valence-electron chi connectivity index (χ0n) is 16.1. The summed E-state index contributed by atoms with van der Waals surface area (Å²) >= 11 is 5.39. The Bertz CT molecular complexity index is 1140. The van der Waals surface area contributed by atoms with E-state index in [-0.39, 0.29) is 5.56 Å². The number of nitriles is 1. The van der Waals surface area contributed by atoms with Crippen LogP contribution in [0.3, 0.4) is 0 Å². The van der Waals surface area contributed by atoms with Gasteiger partial charge in [-0.25, -0.2) is 4.79 Å². The van der Waals surface area contributed by atoms with Gasteiger partial charge in [-0.2, -0.15) is 5.26 Å². The van der Waals surface area contributed by atoms with Crippen LogP contribution in [0.4, 0.5) is 0 Å². The van der Waals surface area contributed by atoms with Crippen LogP contribution in [0.25, 0.3) is 11.0 Å². The minimum absolute atomic E-state index is 0.00349. The van der Waals surface area contributed by atoms with E-state index in [0.29, 0.717) is 41.9 Å². The van der Waals surface area contributed by atoms with Crippen molar-refractivity contribution in [2.45, 2.75) is 20.3 Å². The summed E-state index contributed by atoms with van der Waals surface area (Å²) in [5.74, 6) is 0.376. The Hall–Kier alpha value is -2.49. The molecule has 150 valence electrons. The molecule has 8 heteroatoms. The summed E-state index contributed by atoms with van der Waals surface area (Å²) in [7, 11) is 0. The molecule has 0 saturated carbocycles. The summed E-state index contributed by atoms with van der Waals surface area (Å²) in [6.07, 6.45) is 0.432. The van der Waals surface area contributed by atoms with E-state index in [1.807, 2.05) is 50.2 Å². The molecule has 3 aromatic rings. The molecule has 0 fully saturated rings. The summed E-state index contributed by atoms with van der Waals surface area (Å²) in [5, 5.41) is 10.2. The zero-order chi connectivity index (χ0) is 20.9. The number of hydrogen-bond donors (Lipinski definition) is 0. The van der Waals surface area contributed by atoms with Gasteiger partial charge in [-0.3, -0.25) is 9.05 Å². The number of nitrogens with zero attached hydrogens (tertiary/aromatic N) is 1. The molecule has 1 heterocycles. The average molecular weight is 429 g/mol. The van der Waals surface area contributed by atoms with E-state index >= 15 is 0 Å². The molecule has 0 aliphatic heterocycles. The number of hydrogen-bond acceptors (Lipinski definition) is 7. The molecular weight excluding hydrogens is 409 g/mol. The molecule has 0 atom stereocenters. The highest BCUT2D eigenvalue weighted by Crippen LogP contribution is 2.50. The van der Waals surface area contributed by atoms with Gasteiger partial charge < -0.3 is 8.94 Å². The van der Waals surface area contributed by atoms with Crippen LogP contribution in [-0.2, 0) is 27.3 Å². The first-order valence-corrected chi connectivity index (χ1v) is 11.7. The van der Waals surface area contributed by atoms with Crippen molar-refractivity contribution >= 4 is 29.5 Å². The zero-order valence-corrected chi connectivity index (χ0v) is 17.8. The molecule has 6 nitrogen and oxygen atoms in total. The van der Waals surface area contributed by atoms with E-state index in [1.165, 1.54) is 0 Å². The normalized spacial score (nSPS) is 11.3. The van der Waals surface area contributed by atoms with Gasteiger partial charge in [-0.1, -0.05) is 30.3 Å². The lowest BCUT2D eigenvalue weighted by Crippen LogP contribution is -2.09. The summed E-state index contributed by atoms with van der Waals surface area (Å²) in [6.45, 7) is 1.37. The summed E-state index contributed by atoms with van der Waals surface area (Å²) in [6, 6.07) is 16.6. The van der Waals surface area contributed by atoms with Crippen LogP contribution in [0.5, 0.6) is 5.75 Å². The average Bonchev–Trinajstić information content (AvgIpc) is 2.69. The maximum absolute atomic E-state index is 12.4.